The van der Waals surface area contributed by atoms with Gasteiger partial charge in [0.05, 0.1) is 0 Å². The molecule has 0 aliphatic rings. The summed E-state index contributed by atoms with van der Waals surface area (Å²) in [4.78, 5) is 33.6. The number of nitrogens with one attached hydrogen (secondary N) is 2. The van der Waals surface area contributed by atoms with E-state index >= 15 is 0 Å². The Balaban J connectivity index is 2.37. The molecule has 0 saturated carbocycles. The number of carbonyl (C=O) groups excluding carboxylic acids is 3. The Morgan fingerprint density at radius 3 is 2.10 bits per heavy atom. The molecule has 0 fully saturated rings. The number of anilines is 2. The Bertz CT molecular complexity index is 499. The van der Waals surface area contributed by atoms with Gasteiger partial charge in [-0.1, -0.05) is 0 Å². The summed E-state index contributed by atoms with van der Waals surface area (Å²) >= 11 is 0. The third-order valence-electron chi connectivity index (χ3n) is 2.28. The Morgan fingerprint density at radius 2 is 1.57 bits per heavy atom. The zero-order valence-corrected chi connectivity index (χ0v) is 12.0. The van der Waals surface area contributed by atoms with Gasteiger partial charge in [-0.3, -0.25) is 9.59 Å². The zero-order chi connectivity index (χ0) is 15.7. The van der Waals surface area contributed by atoms with Crippen LogP contribution in [0, 0.1) is 0 Å². The fourth-order valence-corrected chi connectivity index (χ4v) is 1.41. The van der Waals surface area contributed by atoms with Gasteiger partial charge in [0.25, 0.3) is 5.91 Å². The van der Waals surface area contributed by atoms with Crippen molar-refractivity contribution < 1.29 is 23.9 Å². The van der Waals surface area contributed by atoms with E-state index < -0.39 is 11.9 Å². The summed E-state index contributed by atoms with van der Waals surface area (Å²) < 4.78 is 9.57. The molecule has 2 N–H and O–H groups in total. The van der Waals surface area contributed by atoms with E-state index in [4.69, 9.17) is 9.47 Å². The molecule has 7 heteroatoms. The second-order valence-corrected chi connectivity index (χ2v) is 4.10. The van der Waals surface area contributed by atoms with Gasteiger partial charge < -0.3 is 20.1 Å². The van der Waals surface area contributed by atoms with Crippen molar-refractivity contribution in [2.45, 2.75) is 13.8 Å². The van der Waals surface area contributed by atoms with Crippen LogP contribution in [-0.2, 0) is 23.9 Å². The predicted octanol–water partition coefficient (Wildman–Crippen LogP) is 1.16. The van der Waals surface area contributed by atoms with E-state index in [1.165, 1.54) is 6.92 Å². The molecular weight excluding hydrogens is 276 g/mol. The van der Waals surface area contributed by atoms with Gasteiger partial charge in [-0.25, -0.2) is 4.79 Å². The van der Waals surface area contributed by atoms with Gasteiger partial charge in [0.2, 0.25) is 5.91 Å². The maximum Gasteiger partial charge on any atom is 0.332 e. The highest BCUT2D eigenvalue weighted by atomic mass is 16.6. The van der Waals surface area contributed by atoms with Crippen LogP contribution in [0.3, 0.4) is 0 Å². The van der Waals surface area contributed by atoms with Gasteiger partial charge in [-0.05, 0) is 31.2 Å². The number of hydrogen-bond donors (Lipinski definition) is 2. The van der Waals surface area contributed by atoms with Crippen LogP contribution >= 0.6 is 0 Å². The normalized spacial score (nSPS) is 9.81. The van der Waals surface area contributed by atoms with Crippen molar-refractivity contribution in [3.05, 3.63) is 24.3 Å². The second kappa shape index (κ2) is 8.70. The summed E-state index contributed by atoms with van der Waals surface area (Å²) in [5, 5.41) is 5.17. The molecule has 1 rings (SSSR count). The Morgan fingerprint density at radius 1 is 1.00 bits per heavy atom. The van der Waals surface area contributed by atoms with Crippen LogP contribution in [0.25, 0.3) is 0 Å². The molecule has 1 aromatic carbocycles. The van der Waals surface area contributed by atoms with Crippen LogP contribution in [0.15, 0.2) is 24.3 Å². The summed E-state index contributed by atoms with van der Waals surface area (Å²) in [5.74, 6) is -1.21. The molecule has 7 nitrogen and oxygen atoms in total. The number of rotatable bonds is 7. The minimum absolute atomic E-state index is 0.171. The highest BCUT2D eigenvalue weighted by Crippen LogP contribution is 2.13. The molecular formula is C14H18N2O5. The van der Waals surface area contributed by atoms with E-state index in [0.29, 0.717) is 18.0 Å². The summed E-state index contributed by atoms with van der Waals surface area (Å²) in [7, 11) is 0. The molecule has 0 heterocycles. The lowest BCUT2D eigenvalue weighted by molar-refractivity contribution is -0.151. The number of hydrogen-bond acceptors (Lipinski definition) is 5. The van der Waals surface area contributed by atoms with Crippen molar-refractivity contribution in [1.29, 1.82) is 0 Å². The van der Waals surface area contributed by atoms with E-state index in [1.807, 2.05) is 0 Å². The topological polar surface area (TPSA) is 93.7 Å². The molecule has 114 valence electrons. The van der Waals surface area contributed by atoms with Crippen molar-refractivity contribution in [3.63, 3.8) is 0 Å². The first kappa shape index (κ1) is 16.6. The van der Waals surface area contributed by atoms with E-state index in [1.54, 1.807) is 31.2 Å². The first-order valence-corrected chi connectivity index (χ1v) is 6.42. The van der Waals surface area contributed by atoms with Crippen molar-refractivity contribution in [1.82, 2.24) is 0 Å². The third kappa shape index (κ3) is 7.07. The molecule has 0 aliphatic heterocycles. The van der Waals surface area contributed by atoms with E-state index in [9.17, 15) is 14.4 Å². The number of benzene rings is 1. The maximum absolute atomic E-state index is 11.6. The standard InChI is InChI=1S/C14H18N2O5/c1-3-20-9-14(19)21-8-13(18)16-12-6-4-11(5-7-12)15-10(2)17/h4-7H,3,8-9H2,1-2H3,(H,15,17)(H,16,18). The van der Waals surface area contributed by atoms with Crippen LogP contribution in [0.2, 0.25) is 0 Å². The fraction of sp³-hybridized carbons (Fsp3) is 0.357. The molecule has 0 atom stereocenters. The van der Waals surface area contributed by atoms with E-state index in [2.05, 4.69) is 10.6 Å². The van der Waals surface area contributed by atoms with Gasteiger partial charge in [0.15, 0.2) is 6.61 Å². The highest BCUT2D eigenvalue weighted by Gasteiger charge is 2.07. The maximum atomic E-state index is 11.6. The summed E-state index contributed by atoms with van der Waals surface area (Å²) in [6.07, 6.45) is 0. The minimum Gasteiger partial charge on any atom is -0.454 e. The van der Waals surface area contributed by atoms with E-state index in [-0.39, 0.29) is 19.1 Å². The van der Waals surface area contributed by atoms with Crippen LogP contribution in [0.5, 0.6) is 0 Å². The van der Waals surface area contributed by atoms with E-state index in [0.717, 1.165) is 0 Å². The minimum atomic E-state index is -0.590. The summed E-state index contributed by atoms with van der Waals surface area (Å²) in [5.41, 5.74) is 1.17. The van der Waals surface area contributed by atoms with Crippen molar-refractivity contribution in [2.24, 2.45) is 0 Å². The van der Waals surface area contributed by atoms with Crippen molar-refractivity contribution >= 4 is 29.2 Å². The largest absolute Gasteiger partial charge is 0.454 e. The van der Waals surface area contributed by atoms with Gasteiger partial charge in [0, 0.05) is 24.9 Å². The van der Waals surface area contributed by atoms with Crippen LogP contribution < -0.4 is 10.6 Å². The Hall–Kier alpha value is -2.41. The lowest BCUT2D eigenvalue weighted by atomic mass is 10.2. The number of carbonyl (C=O) groups is 3. The second-order valence-electron chi connectivity index (χ2n) is 4.10. The first-order valence-electron chi connectivity index (χ1n) is 6.42. The monoisotopic (exact) mass is 294 g/mol. The van der Waals surface area contributed by atoms with Gasteiger partial charge in [-0.2, -0.15) is 0 Å². The molecule has 0 saturated heterocycles. The predicted molar refractivity (Wildman–Crippen MR) is 76.8 cm³/mol. The number of amides is 2. The quantitative estimate of drug-likeness (QED) is 0.736. The van der Waals surface area contributed by atoms with Gasteiger partial charge in [0.1, 0.15) is 6.61 Å². The van der Waals surface area contributed by atoms with Crippen LogP contribution in [-0.4, -0.2) is 37.6 Å². The molecule has 0 radical (unpaired) electrons. The molecule has 0 unspecified atom stereocenters. The van der Waals surface area contributed by atoms with Gasteiger partial charge in [-0.15, -0.1) is 0 Å². The highest BCUT2D eigenvalue weighted by molar-refractivity contribution is 5.93. The molecule has 0 spiro atoms. The smallest absolute Gasteiger partial charge is 0.332 e. The number of esters is 1. The third-order valence-corrected chi connectivity index (χ3v) is 2.28. The molecule has 0 bridgehead atoms. The summed E-state index contributed by atoms with van der Waals surface area (Å²) in [6, 6.07) is 6.56. The number of ether oxygens (including phenoxy) is 2. The zero-order valence-electron chi connectivity index (χ0n) is 12.0. The average molecular weight is 294 g/mol. The molecule has 21 heavy (non-hydrogen) atoms. The van der Waals surface area contributed by atoms with Gasteiger partial charge >= 0.3 is 5.97 Å². The van der Waals surface area contributed by atoms with Crippen molar-refractivity contribution in [2.75, 3.05) is 30.5 Å². The average Bonchev–Trinajstić information content (AvgIpc) is 2.44. The molecule has 2 amide bonds. The molecule has 0 aromatic heterocycles. The lowest BCUT2D eigenvalue weighted by Gasteiger charge is -2.07. The summed E-state index contributed by atoms with van der Waals surface area (Å²) in [6.45, 7) is 3.02. The molecule has 1 aromatic rings. The van der Waals surface area contributed by atoms with Crippen LogP contribution in [0.1, 0.15) is 13.8 Å². The molecule has 0 aliphatic carbocycles. The van der Waals surface area contributed by atoms with Crippen LogP contribution in [0.4, 0.5) is 11.4 Å². The Kier molecular flexibility index (Phi) is 6.90. The lowest BCUT2D eigenvalue weighted by Crippen LogP contribution is -2.22. The Labute approximate surface area is 122 Å². The SMILES string of the molecule is CCOCC(=O)OCC(=O)Nc1ccc(NC(C)=O)cc1. The van der Waals surface area contributed by atoms with Crippen molar-refractivity contribution in [3.8, 4) is 0 Å². The fourth-order valence-electron chi connectivity index (χ4n) is 1.41. The first-order chi connectivity index (χ1) is 10.0.